The van der Waals surface area contributed by atoms with Crippen LogP contribution in [-0.2, 0) is 9.53 Å². The summed E-state index contributed by atoms with van der Waals surface area (Å²) in [5.41, 5.74) is -0.180. The molecule has 0 bridgehead atoms. The molecule has 96 valence electrons. The van der Waals surface area contributed by atoms with Crippen LogP contribution in [0, 0.1) is 11.8 Å². The molecular weight excluding hydrogens is 212 g/mol. The number of carbonyl (C=O) groups is 1. The molecule has 2 nitrogen and oxygen atoms in total. The molecule has 2 aliphatic rings. The summed E-state index contributed by atoms with van der Waals surface area (Å²) < 4.78 is 5.77. The molecule has 2 aliphatic carbocycles. The summed E-state index contributed by atoms with van der Waals surface area (Å²) in [5, 5.41) is 0. The summed E-state index contributed by atoms with van der Waals surface area (Å²) in [6.45, 7) is 5.67. The Hall–Kier alpha value is -0.790. The van der Waals surface area contributed by atoms with Crippen molar-refractivity contribution in [2.24, 2.45) is 11.8 Å². The third-order valence-electron chi connectivity index (χ3n) is 4.84. The summed E-state index contributed by atoms with van der Waals surface area (Å²) in [6.07, 6.45) is 11.1. The first-order valence-electron chi connectivity index (χ1n) is 7.07. The lowest BCUT2D eigenvalue weighted by Crippen LogP contribution is -2.39. The van der Waals surface area contributed by atoms with Gasteiger partial charge in [-0.3, -0.25) is 0 Å². The molecule has 2 heteroatoms. The number of rotatable bonds is 3. The van der Waals surface area contributed by atoms with Gasteiger partial charge in [-0.15, -0.1) is 0 Å². The van der Waals surface area contributed by atoms with E-state index in [9.17, 15) is 4.79 Å². The van der Waals surface area contributed by atoms with E-state index in [-0.39, 0.29) is 11.6 Å². The average Bonchev–Trinajstić information content (AvgIpc) is 2.55. The van der Waals surface area contributed by atoms with Crippen LogP contribution < -0.4 is 0 Å². The van der Waals surface area contributed by atoms with Crippen LogP contribution in [0.3, 0.4) is 0 Å². The van der Waals surface area contributed by atoms with E-state index in [4.69, 9.17) is 4.74 Å². The van der Waals surface area contributed by atoms with Crippen LogP contribution in [0.25, 0.3) is 0 Å². The van der Waals surface area contributed by atoms with Gasteiger partial charge in [-0.25, -0.2) is 4.79 Å². The first-order chi connectivity index (χ1) is 8.22. The first kappa shape index (κ1) is 12.7. The lowest BCUT2D eigenvalue weighted by molar-refractivity contribution is -0.159. The number of ether oxygens (including phenoxy) is 1. The Bertz CT molecular complexity index is 297. The molecule has 0 saturated heterocycles. The maximum absolute atomic E-state index is 11.6. The number of fused-ring (bicyclic) bond motifs is 1. The molecule has 0 aliphatic heterocycles. The second kappa shape index (κ2) is 5.24. The molecule has 0 radical (unpaired) electrons. The minimum atomic E-state index is -0.239. The maximum Gasteiger partial charge on any atom is 0.330 e. The highest BCUT2D eigenvalue weighted by atomic mass is 16.6. The minimum Gasteiger partial charge on any atom is -0.456 e. The van der Waals surface area contributed by atoms with Crippen LogP contribution in [-0.4, -0.2) is 11.6 Å². The van der Waals surface area contributed by atoms with Crippen LogP contribution in [0.15, 0.2) is 12.7 Å². The number of hydrogen-bond donors (Lipinski definition) is 0. The van der Waals surface area contributed by atoms with Crippen LogP contribution in [0.5, 0.6) is 0 Å². The Kier molecular flexibility index (Phi) is 3.90. The highest BCUT2D eigenvalue weighted by Crippen LogP contribution is 2.50. The van der Waals surface area contributed by atoms with Crippen LogP contribution in [0.2, 0.25) is 0 Å². The van der Waals surface area contributed by atoms with Crippen molar-refractivity contribution in [1.29, 1.82) is 0 Å². The van der Waals surface area contributed by atoms with Gasteiger partial charge < -0.3 is 4.74 Å². The second-order valence-electron chi connectivity index (χ2n) is 5.59. The van der Waals surface area contributed by atoms with Gasteiger partial charge in [-0.05, 0) is 31.6 Å². The van der Waals surface area contributed by atoms with E-state index in [1.54, 1.807) is 0 Å². The second-order valence-corrected chi connectivity index (χ2v) is 5.59. The summed E-state index contributed by atoms with van der Waals surface area (Å²) in [6, 6.07) is 0. The Labute approximate surface area is 104 Å². The molecule has 0 N–H and O–H groups in total. The van der Waals surface area contributed by atoms with E-state index < -0.39 is 0 Å². The monoisotopic (exact) mass is 236 g/mol. The van der Waals surface area contributed by atoms with E-state index in [0.717, 1.165) is 18.8 Å². The zero-order valence-corrected chi connectivity index (χ0v) is 10.9. The Morgan fingerprint density at radius 3 is 2.82 bits per heavy atom. The largest absolute Gasteiger partial charge is 0.456 e. The molecule has 2 saturated carbocycles. The molecule has 3 atom stereocenters. The van der Waals surface area contributed by atoms with Crippen molar-refractivity contribution >= 4 is 5.97 Å². The minimum absolute atomic E-state index is 0.180. The molecule has 3 unspecified atom stereocenters. The van der Waals surface area contributed by atoms with Gasteiger partial charge >= 0.3 is 5.97 Å². The third kappa shape index (κ3) is 2.41. The van der Waals surface area contributed by atoms with Crippen molar-refractivity contribution < 1.29 is 9.53 Å². The van der Waals surface area contributed by atoms with E-state index in [1.165, 1.54) is 44.6 Å². The van der Waals surface area contributed by atoms with Crippen molar-refractivity contribution in [3.63, 3.8) is 0 Å². The Balaban J connectivity index is 2.15. The van der Waals surface area contributed by atoms with Crippen molar-refractivity contribution in [2.45, 2.75) is 63.9 Å². The van der Waals surface area contributed by atoms with E-state index in [0.29, 0.717) is 5.92 Å². The van der Waals surface area contributed by atoms with Gasteiger partial charge in [-0.1, -0.05) is 39.2 Å². The average molecular weight is 236 g/mol. The lowest BCUT2D eigenvalue weighted by atomic mass is 9.80. The van der Waals surface area contributed by atoms with Crippen molar-refractivity contribution in [3.05, 3.63) is 12.7 Å². The first-order valence-corrected chi connectivity index (χ1v) is 7.07. The Morgan fingerprint density at radius 1 is 1.35 bits per heavy atom. The van der Waals surface area contributed by atoms with Crippen LogP contribution in [0.4, 0.5) is 0 Å². The Morgan fingerprint density at radius 2 is 2.12 bits per heavy atom. The fourth-order valence-electron chi connectivity index (χ4n) is 3.92. The molecule has 0 aromatic carbocycles. The van der Waals surface area contributed by atoms with Gasteiger partial charge in [0.15, 0.2) is 0 Å². The van der Waals surface area contributed by atoms with Gasteiger partial charge in [0, 0.05) is 12.0 Å². The van der Waals surface area contributed by atoms with E-state index >= 15 is 0 Å². The smallest absolute Gasteiger partial charge is 0.330 e. The number of carbonyl (C=O) groups excluding carboxylic acids is 1. The van der Waals surface area contributed by atoms with Gasteiger partial charge in [0.25, 0.3) is 0 Å². The normalized spacial score (nSPS) is 37.0. The fraction of sp³-hybridized carbons (Fsp3) is 0.800. The molecule has 0 heterocycles. The molecule has 0 aromatic heterocycles. The topological polar surface area (TPSA) is 26.3 Å². The third-order valence-corrected chi connectivity index (χ3v) is 4.84. The highest BCUT2D eigenvalue weighted by molar-refractivity contribution is 5.81. The van der Waals surface area contributed by atoms with Gasteiger partial charge in [0.1, 0.15) is 5.60 Å². The molecule has 2 rings (SSSR count). The van der Waals surface area contributed by atoms with Gasteiger partial charge in [0.2, 0.25) is 0 Å². The SMILES string of the molecule is C=CC(=O)OC1(CC)CCC2CCCCCC21. The van der Waals surface area contributed by atoms with Crippen LogP contribution >= 0.6 is 0 Å². The molecule has 17 heavy (non-hydrogen) atoms. The summed E-state index contributed by atoms with van der Waals surface area (Å²) in [7, 11) is 0. The molecule has 2 fully saturated rings. The zero-order chi connectivity index (χ0) is 12.3. The van der Waals surface area contributed by atoms with Crippen molar-refractivity contribution in [3.8, 4) is 0 Å². The van der Waals surface area contributed by atoms with Crippen molar-refractivity contribution in [2.75, 3.05) is 0 Å². The number of esters is 1. The predicted octanol–water partition coefficient (Wildman–Crippen LogP) is 3.85. The van der Waals surface area contributed by atoms with Gasteiger partial charge in [-0.2, -0.15) is 0 Å². The standard InChI is InChI=1S/C15H24O2/c1-3-14(16)17-15(4-2)11-10-12-8-6-5-7-9-13(12)15/h3,12-13H,1,4-11H2,2H3. The summed E-state index contributed by atoms with van der Waals surface area (Å²) >= 11 is 0. The predicted molar refractivity (Wildman–Crippen MR) is 68.6 cm³/mol. The molecule has 0 aromatic rings. The van der Waals surface area contributed by atoms with E-state index in [1.807, 2.05) is 0 Å². The maximum atomic E-state index is 11.6. The van der Waals surface area contributed by atoms with Crippen molar-refractivity contribution in [1.82, 2.24) is 0 Å². The molecule has 0 amide bonds. The summed E-state index contributed by atoms with van der Waals surface area (Å²) in [5.74, 6) is 1.14. The van der Waals surface area contributed by atoms with Gasteiger partial charge in [0.05, 0.1) is 0 Å². The number of hydrogen-bond acceptors (Lipinski definition) is 2. The highest BCUT2D eigenvalue weighted by Gasteiger charge is 2.49. The molecular formula is C15H24O2. The van der Waals surface area contributed by atoms with Crippen LogP contribution in [0.1, 0.15) is 58.3 Å². The summed E-state index contributed by atoms with van der Waals surface area (Å²) in [4.78, 5) is 11.6. The molecule has 0 spiro atoms. The van der Waals surface area contributed by atoms with E-state index in [2.05, 4.69) is 13.5 Å². The quantitative estimate of drug-likeness (QED) is 0.549. The fourth-order valence-corrected chi connectivity index (χ4v) is 3.92. The lowest BCUT2D eigenvalue weighted by Gasteiger charge is -2.35. The zero-order valence-electron chi connectivity index (χ0n) is 10.9.